The summed E-state index contributed by atoms with van der Waals surface area (Å²) in [6.07, 6.45) is 7.78. The number of carbonyl (C=O) groups excluding carboxylic acids is 2. The summed E-state index contributed by atoms with van der Waals surface area (Å²) in [5.74, 6) is 1.88. The van der Waals surface area contributed by atoms with Crippen LogP contribution in [0.5, 0.6) is 0 Å². The molecule has 1 atom stereocenters. The lowest BCUT2D eigenvalue weighted by atomic mass is 9.97. The van der Waals surface area contributed by atoms with E-state index in [9.17, 15) is 9.59 Å². The van der Waals surface area contributed by atoms with Gasteiger partial charge in [-0.1, -0.05) is 12.5 Å². The van der Waals surface area contributed by atoms with Crippen LogP contribution in [0.15, 0.2) is 24.4 Å². The molecule has 4 heterocycles. The van der Waals surface area contributed by atoms with Crippen molar-refractivity contribution in [3.63, 3.8) is 0 Å². The number of rotatable bonds is 5. The van der Waals surface area contributed by atoms with E-state index in [2.05, 4.69) is 20.9 Å². The Morgan fingerprint density at radius 3 is 2.67 bits per heavy atom. The molecule has 0 spiro atoms. The topological polar surface area (TPSA) is 60.0 Å². The Labute approximate surface area is 180 Å². The van der Waals surface area contributed by atoms with Gasteiger partial charge >= 0.3 is 0 Å². The molecule has 1 aromatic rings. The maximum Gasteiger partial charge on any atom is 0.242 e. The number of likely N-dealkylation sites (tertiary alicyclic amines) is 2. The van der Waals surface area contributed by atoms with E-state index < -0.39 is 0 Å². The fraction of sp³-hybridized carbons (Fsp3) is 0.696. The molecule has 0 aromatic carbocycles. The van der Waals surface area contributed by atoms with Crippen LogP contribution in [-0.2, 0) is 9.59 Å². The minimum atomic E-state index is 0.134. The Morgan fingerprint density at radius 2 is 1.87 bits per heavy atom. The van der Waals surface area contributed by atoms with Crippen LogP contribution in [0.3, 0.4) is 0 Å². The molecule has 0 saturated carbocycles. The van der Waals surface area contributed by atoms with Crippen LogP contribution in [0.25, 0.3) is 0 Å². The summed E-state index contributed by atoms with van der Waals surface area (Å²) in [4.78, 5) is 38.3. The van der Waals surface area contributed by atoms with E-state index in [-0.39, 0.29) is 18.4 Å². The predicted molar refractivity (Wildman–Crippen MR) is 117 cm³/mol. The van der Waals surface area contributed by atoms with Gasteiger partial charge in [0.1, 0.15) is 5.82 Å². The maximum atomic E-state index is 12.9. The first-order valence-corrected chi connectivity index (χ1v) is 11.6. The zero-order chi connectivity index (χ0) is 20.8. The van der Waals surface area contributed by atoms with Crippen LogP contribution in [-0.4, -0.2) is 90.4 Å². The zero-order valence-corrected chi connectivity index (χ0v) is 18.0. The molecular weight excluding hydrogens is 378 g/mol. The summed E-state index contributed by atoms with van der Waals surface area (Å²) in [6.45, 7) is 7.84. The Morgan fingerprint density at radius 1 is 1.00 bits per heavy atom. The quantitative estimate of drug-likeness (QED) is 0.737. The fourth-order valence-corrected chi connectivity index (χ4v) is 4.98. The molecule has 0 bridgehead atoms. The van der Waals surface area contributed by atoms with Gasteiger partial charge in [0.25, 0.3) is 0 Å². The van der Waals surface area contributed by atoms with Gasteiger partial charge in [-0.05, 0) is 43.7 Å². The Kier molecular flexibility index (Phi) is 7.20. The van der Waals surface area contributed by atoms with Gasteiger partial charge in [0.15, 0.2) is 0 Å². The van der Waals surface area contributed by atoms with Crippen molar-refractivity contribution in [1.29, 1.82) is 0 Å². The first-order chi connectivity index (χ1) is 14.7. The molecule has 3 aliphatic heterocycles. The summed E-state index contributed by atoms with van der Waals surface area (Å²) in [5.41, 5.74) is 0. The molecule has 0 N–H and O–H groups in total. The van der Waals surface area contributed by atoms with E-state index in [1.165, 1.54) is 6.42 Å². The van der Waals surface area contributed by atoms with Gasteiger partial charge < -0.3 is 14.7 Å². The van der Waals surface area contributed by atoms with Crippen LogP contribution in [0.1, 0.15) is 38.5 Å². The second kappa shape index (κ2) is 10.2. The van der Waals surface area contributed by atoms with Crippen LogP contribution in [0, 0.1) is 5.92 Å². The van der Waals surface area contributed by atoms with E-state index in [4.69, 9.17) is 0 Å². The van der Waals surface area contributed by atoms with E-state index in [1.54, 1.807) is 4.90 Å². The molecular formula is C23H35N5O2. The minimum absolute atomic E-state index is 0.134. The van der Waals surface area contributed by atoms with Crippen molar-refractivity contribution >= 4 is 17.6 Å². The highest BCUT2D eigenvalue weighted by atomic mass is 16.2. The number of amides is 2. The summed E-state index contributed by atoms with van der Waals surface area (Å²) in [7, 11) is 0. The van der Waals surface area contributed by atoms with Gasteiger partial charge in [-0.25, -0.2) is 4.98 Å². The molecule has 0 radical (unpaired) electrons. The third-order valence-electron chi connectivity index (χ3n) is 6.73. The van der Waals surface area contributed by atoms with E-state index in [1.807, 2.05) is 23.2 Å². The predicted octanol–water partition coefficient (Wildman–Crippen LogP) is 1.84. The van der Waals surface area contributed by atoms with E-state index >= 15 is 0 Å². The molecule has 0 aliphatic carbocycles. The van der Waals surface area contributed by atoms with Crippen LogP contribution in [0.2, 0.25) is 0 Å². The lowest BCUT2D eigenvalue weighted by Gasteiger charge is -2.40. The van der Waals surface area contributed by atoms with Crippen molar-refractivity contribution in [2.75, 3.05) is 63.8 Å². The normalized spacial score (nSPS) is 24.1. The summed E-state index contributed by atoms with van der Waals surface area (Å²) < 4.78 is 0. The van der Waals surface area contributed by atoms with Gasteiger partial charge in [-0.2, -0.15) is 0 Å². The van der Waals surface area contributed by atoms with Gasteiger partial charge in [-0.3, -0.25) is 14.5 Å². The van der Waals surface area contributed by atoms with Crippen molar-refractivity contribution in [2.24, 2.45) is 5.92 Å². The standard InChI is InChI=1S/C23H35N5O2/c29-22-9-2-1-5-11-28(22)19-23(30)27-12-6-7-20(18-27)17-25-13-15-26(16-14-25)21-8-3-4-10-24-21/h3-4,8,10,20H,1-2,5-7,9,11-19H2. The molecule has 1 aromatic heterocycles. The van der Waals surface area contributed by atoms with Crippen molar-refractivity contribution in [3.8, 4) is 0 Å². The largest absolute Gasteiger partial charge is 0.354 e. The number of nitrogens with zero attached hydrogens (tertiary/aromatic N) is 5. The SMILES string of the molecule is O=C1CCCCCN1CC(=O)N1CCCC(CN2CCN(c3ccccn3)CC2)C1. The number of carbonyl (C=O) groups is 2. The molecule has 7 heteroatoms. The third-order valence-corrected chi connectivity index (χ3v) is 6.73. The molecule has 3 saturated heterocycles. The van der Waals surface area contributed by atoms with Gasteiger partial charge in [-0.15, -0.1) is 0 Å². The smallest absolute Gasteiger partial charge is 0.242 e. The molecule has 2 amide bonds. The highest BCUT2D eigenvalue weighted by Crippen LogP contribution is 2.20. The Hall–Kier alpha value is -2.15. The highest BCUT2D eigenvalue weighted by molar-refractivity contribution is 5.85. The lowest BCUT2D eigenvalue weighted by Crippen LogP contribution is -2.51. The summed E-state index contributed by atoms with van der Waals surface area (Å²) in [5, 5.41) is 0. The van der Waals surface area contributed by atoms with Gasteiger partial charge in [0.05, 0.1) is 6.54 Å². The lowest BCUT2D eigenvalue weighted by molar-refractivity contribution is -0.141. The monoisotopic (exact) mass is 413 g/mol. The van der Waals surface area contributed by atoms with Crippen molar-refractivity contribution in [3.05, 3.63) is 24.4 Å². The van der Waals surface area contributed by atoms with Crippen molar-refractivity contribution in [1.82, 2.24) is 19.7 Å². The van der Waals surface area contributed by atoms with E-state index in [0.29, 0.717) is 12.3 Å². The summed E-state index contributed by atoms with van der Waals surface area (Å²) in [6, 6.07) is 6.08. The zero-order valence-electron chi connectivity index (χ0n) is 18.0. The molecule has 4 rings (SSSR count). The number of pyridine rings is 1. The molecule has 7 nitrogen and oxygen atoms in total. The molecule has 164 valence electrons. The van der Waals surface area contributed by atoms with Crippen molar-refractivity contribution < 1.29 is 9.59 Å². The van der Waals surface area contributed by atoms with Crippen LogP contribution >= 0.6 is 0 Å². The van der Waals surface area contributed by atoms with Gasteiger partial charge in [0, 0.05) is 65.0 Å². The molecule has 3 fully saturated rings. The first-order valence-electron chi connectivity index (χ1n) is 11.6. The molecule has 3 aliphatic rings. The fourth-order valence-electron chi connectivity index (χ4n) is 4.98. The third kappa shape index (κ3) is 5.50. The van der Waals surface area contributed by atoms with E-state index in [0.717, 1.165) is 83.9 Å². The van der Waals surface area contributed by atoms with Crippen molar-refractivity contribution in [2.45, 2.75) is 38.5 Å². The first kappa shape index (κ1) is 21.1. The number of piperazine rings is 1. The number of aromatic nitrogens is 1. The second-order valence-electron chi connectivity index (χ2n) is 8.95. The Bertz CT molecular complexity index is 705. The highest BCUT2D eigenvalue weighted by Gasteiger charge is 2.28. The van der Waals surface area contributed by atoms with Crippen LogP contribution < -0.4 is 4.90 Å². The average Bonchev–Trinajstić information content (AvgIpc) is 2.99. The summed E-state index contributed by atoms with van der Waals surface area (Å²) >= 11 is 0. The maximum absolute atomic E-state index is 12.9. The molecule has 1 unspecified atom stereocenters. The second-order valence-corrected chi connectivity index (χ2v) is 8.95. The number of anilines is 1. The number of piperidine rings is 1. The van der Waals surface area contributed by atoms with Gasteiger partial charge in [0.2, 0.25) is 11.8 Å². The molecule has 30 heavy (non-hydrogen) atoms. The Balaban J connectivity index is 1.23. The average molecular weight is 414 g/mol. The minimum Gasteiger partial charge on any atom is -0.354 e. The number of hydrogen-bond acceptors (Lipinski definition) is 5. The number of hydrogen-bond donors (Lipinski definition) is 0. The van der Waals surface area contributed by atoms with Crippen LogP contribution in [0.4, 0.5) is 5.82 Å².